The lowest BCUT2D eigenvalue weighted by atomic mass is 10.1. The van der Waals surface area contributed by atoms with Crippen molar-refractivity contribution >= 4 is 11.7 Å². The van der Waals surface area contributed by atoms with Crippen LogP contribution in [0.4, 0.5) is 19.3 Å². The van der Waals surface area contributed by atoms with Gasteiger partial charge in [-0.3, -0.25) is 0 Å². The Balaban J connectivity index is 2.13. The molecule has 4 nitrogen and oxygen atoms in total. The van der Waals surface area contributed by atoms with Gasteiger partial charge in [-0.2, -0.15) is 0 Å². The van der Waals surface area contributed by atoms with Gasteiger partial charge in [0.05, 0.1) is 18.8 Å². The van der Waals surface area contributed by atoms with Crippen LogP contribution in [0.3, 0.4) is 0 Å². The van der Waals surface area contributed by atoms with E-state index in [-0.39, 0.29) is 6.03 Å². The van der Waals surface area contributed by atoms with Crippen molar-refractivity contribution in [3.63, 3.8) is 0 Å². The predicted octanol–water partition coefficient (Wildman–Crippen LogP) is 4.20. The molecule has 0 bridgehead atoms. The van der Waals surface area contributed by atoms with Gasteiger partial charge in [0.1, 0.15) is 5.75 Å². The van der Waals surface area contributed by atoms with Gasteiger partial charge in [-0.25, -0.2) is 13.6 Å². The first kappa shape index (κ1) is 16.7. The maximum Gasteiger partial charge on any atom is 0.322 e. The van der Waals surface area contributed by atoms with Crippen LogP contribution >= 0.6 is 0 Å². The lowest BCUT2D eigenvalue weighted by Gasteiger charge is -2.26. The van der Waals surface area contributed by atoms with Crippen LogP contribution < -0.4 is 10.1 Å². The molecule has 2 aromatic rings. The molecule has 0 spiro atoms. The summed E-state index contributed by atoms with van der Waals surface area (Å²) in [6.45, 7) is 1.73. The number of carbonyl (C=O) groups is 1. The maximum absolute atomic E-state index is 13.3. The molecule has 1 N–H and O–H groups in total. The largest absolute Gasteiger partial charge is 0.495 e. The van der Waals surface area contributed by atoms with Crippen LogP contribution in [0, 0.1) is 11.6 Å². The highest BCUT2D eigenvalue weighted by atomic mass is 19.2. The van der Waals surface area contributed by atoms with Crippen molar-refractivity contribution in [1.29, 1.82) is 0 Å². The van der Waals surface area contributed by atoms with Gasteiger partial charge >= 0.3 is 6.03 Å². The molecular weight excluding hydrogens is 302 g/mol. The van der Waals surface area contributed by atoms with Crippen LogP contribution in [-0.4, -0.2) is 25.1 Å². The Bertz CT molecular complexity index is 707. The Morgan fingerprint density at radius 1 is 1.17 bits per heavy atom. The fourth-order valence-electron chi connectivity index (χ4n) is 2.12. The Labute approximate surface area is 133 Å². The normalized spacial score (nSPS) is 11.7. The maximum atomic E-state index is 13.3. The number of hydrogen-bond acceptors (Lipinski definition) is 2. The molecule has 0 radical (unpaired) electrons. The van der Waals surface area contributed by atoms with Crippen LogP contribution in [0.1, 0.15) is 18.5 Å². The molecule has 0 aliphatic rings. The van der Waals surface area contributed by atoms with E-state index in [0.717, 1.165) is 12.1 Å². The topological polar surface area (TPSA) is 41.6 Å². The molecular formula is C17H18F2N2O2. The van der Waals surface area contributed by atoms with Gasteiger partial charge < -0.3 is 15.0 Å². The average Bonchev–Trinajstić information content (AvgIpc) is 2.56. The zero-order valence-electron chi connectivity index (χ0n) is 13.1. The van der Waals surface area contributed by atoms with Gasteiger partial charge in [0.25, 0.3) is 0 Å². The first-order valence-corrected chi connectivity index (χ1v) is 7.05. The molecule has 1 unspecified atom stereocenters. The molecule has 2 amide bonds. The highest BCUT2D eigenvalue weighted by molar-refractivity contribution is 5.91. The van der Waals surface area contributed by atoms with Crippen molar-refractivity contribution in [2.45, 2.75) is 13.0 Å². The van der Waals surface area contributed by atoms with Gasteiger partial charge in [0, 0.05) is 7.05 Å². The van der Waals surface area contributed by atoms with E-state index < -0.39 is 17.7 Å². The number of rotatable bonds is 4. The molecule has 0 fully saturated rings. The minimum absolute atomic E-state index is 0.383. The van der Waals surface area contributed by atoms with Gasteiger partial charge in [0.2, 0.25) is 0 Å². The molecule has 2 rings (SSSR count). The zero-order valence-corrected chi connectivity index (χ0v) is 13.1. The van der Waals surface area contributed by atoms with Crippen molar-refractivity contribution in [1.82, 2.24) is 4.90 Å². The number of urea groups is 1. The number of nitrogens with one attached hydrogen (secondary N) is 1. The quantitative estimate of drug-likeness (QED) is 0.917. The third-order valence-corrected chi connectivity index (χ3v) is 3.68. The van der Waals surface area contributed by atoms with E-state index in [1.807, 2.05) is 0 Å². The highest BCUT2D eigenvalue weighted by Gasteiger charge is 2.19. The van der Waals surface area contributed by atoms with Gasteiger partial charge in [0.15, 0.2) is 11.6 Å². The SMILES string of the molecule is COc1ccccc1NC(=O)N(C)C(C)c1ccc(F)c(F)c1. The Morgan fingerprint density at radius 2 is 1.87 bits per heavy atom. The van der Waals surface area contributed by atoms with Crippen LogP contribution in [0.2, 0.25) is 0 Å². The first-order chi connectivity index (χ1) is 10.9. The average molecular weight is 320 g/mol. The summed E-state index contributed by atoms with van der Waals surface area (Å²) in [4.78, 5) is 13.7. The summed E-state index contributed by atoms with van der Waals surface area (Å²) >= 11 is 0. The van der Waals surface area contributed by atoms with Crippen LogP contribution in [0.15, 0.2) is 42.5 Å². The number of benzene rings is 2. The Hall–Kier alpha value is -2.63. The second kappa shape index (κ2) is 7.09. The van der Waals surface area contributed by atoms with Crippen molar-refractivity contribution in [3.8, 4) is 5.75 Å². The van der Waals surface area contributed by atoms with Crippen molar-refractivity contribution in [2.75, 3.05) is 19.5 Å². The summed E-state index contributed by atoms with van der Waals surface area (Å²) < 4.78 is 31.5. The molecule has 0 saturated carbocycles. The van der Waals surface area contributed by atoms with E-state index in [4.69, 9.17) is 4.74 Å². The molecule has 0 aliphatic carbocycles. The van der Waals surface area contributed by atoms with Gasteiger partial charge in [-0.05, 0) is 36.8 Å². The minimum atomic E-state index is -0.937. The minimum Gasteiger partial charge on any atom is -0.495 e. The number of hydrogen-bond donors (Lipinski definition) is 1. The fraction of sp³-hybridized carbons (Fsp3) is 0.235. The standard InChI is InChI=1S/C17H18F2N2O2/c1-11(12-8-9-13(18)14(19)10-12)21(2)17(22)20-15-6-4-5-7-16(15)23-3/h4-11H,1-3H3,(H,20,22). The number of ether oxygens (including phenoxy) is 1. The highest BCUT2D eigenvalue weighted by Crippen LogP contribution is 2.25. The molecule has 2 aromatic carbocycles. The summed E-state index contributed by atoms with van der Waals surface area (Å²) in [7, 11) is 3.09. The number of carbonyl (C=O) groups excluding carboxylic acids is 1. The summed E-state index contributed by atoms with van der Waals surface area (Å²) in [5.41, 5.74) is 1.03. The summed E-state index contributed by atoms with van der Waals surface area (Å²) in [5, 5.41) is 2.73. The van der Waals surface area contributed by atoms with E-state index in [0.29, 0.717) is 17.0 Å². The molecule has 23 heavy (non-hydrogen) atoms. The van der Waals surface area contributed by atoms with Gasteiger partial charge in [-0.15, -0.1) is 0 Å². The number of nitrogens with zero attached hydrogens (tertiary/aromatic N) is 1. The van der Waals surface area contributed by atoms with Gasteiger partial charge in [-0.1, -0.05) is 18.2 Å². The first-order valence-electron chi connectivity index (χ1n) is 7.05. The second-order valence-corrected chi connectivity index (χ2v) is 5.09. The number of methoxy groups -OCH3 is 1. The lowest BCUT2D eigenvalue weighted by Crippen LogP contribution is -2.33. The zero-order chi connectivity index (χ0) is 17.0. The molecule has 0 aromatic heterocycles. The van der Waals surface area contributed by atoms with Crippen LogP contribution in [0.25, 0.3) is 0 Å². The number of anilines is 1. The Kier molecular flexibility index (Phi) is 5.16. The second-order valence-electron chi connectivity index (χ2n) is 5.09. The summed E-state index contributed by atoms with van der Waals surface area (Å²) in [6, 6.07) is 9.79. The van der Waals surface area contributed by atoms with E-state index >= 15 is 0 Å². The molecule has 0 heterocycles. The molecule has 1 atom stereocenters. The van der Waals surface area contributed by atoms with E-state index in [1.165, 1.54) is 18.1 Å². The van der Waals surface area contributed by atoms with Crippen molar-refractivity contribution < 1.29 is 18.3 Å². The van der Waals surface area contributed by atoms with Crippen LogP contribution in [0.5, 0.6) is 5.75 Å². The number of halogens is 2. The molecule has 0 saturated heterocycles. The smallest absolute Gasteiger partial charge is 0.322 e. The molecule has 6 heteroatoms. The van der Waals surface area contributed by atoms with Crippen molar-refractivity contribution in [3.05, 3.63) is 59.7 Å². The monoisotopic (exact) mass is 320 g/mol. The van der Waals surface area contributed by atoms with E-state index in [9.17, 15) is 13.6 Å². The fourth-order valence-corrected chi connectivity index (χ4v) is 2.12. The van der Waals surface area contributed by atoms with E-state index in [2.05, 4.69) is 5.32 Å². The van der Waals surface area contributed by atoms with Crippen molar-refractivity contribution in [2.24, 2.45) is 0 Å². The number of para-hydroxylation sites is 2. The summed E-state index contributed by atoms with van der Waals surface area (Å²) in [6.07, 6.45) is 0. The lowest BCUT2D eigenvalue weighted by molar-refractivity contribution is 0.208. The van der Waals surface area contributed by atoms with E-state index in [1.54, 1.807) is 38.2 Å². The predicted molar refractivity (Wildman–Crippen MR) is 84.5 cm³/mol. The Morgan fingerprint density at radius 3 is 2.52 bits per heavy atom. The molecule has 0 aliphatic heterocycles. The van der Waals surface area contributed by atoms with Crippen LogP contribution in [-0.2, 0) is 0 Å². The third-order valence-electron chi connectivity index (χ3n) is 3.68. The third kappa shape index (κ3) is 3.77. The number of amides is 2. The molecule has 122 valence electrons. The summed E-state index contributed by atoms with van der Waals surface area (Å²) in [5.74, 6) is -1.32.